The average Bonchev–Trinajstić information content (AvgIpc) is 2.53. The number of Topliss-reactive ketones (excluding diaryl/α,β-unsaturated/α-hetero) is 1. The van der Waals surface area contributed by atoms with Gasteiger partial charge >= 0.3 is 13.6 Å². The van der Waals surface area contributed by atoms with Crippen molar-refractivity contribution < 1.29 is 27.9 Å². The molecule has 0 heterocycles. The predicted molar refractivity (Wildman–Crippen MR) is 113 cm³/mol. The Morgan fingerprint density at radius 1 is 1.07 bits per heavy atom. The molecule has 0 aliphatic rings. The van der Waals surface area contributed by atoms with Crippen LogP contribution >= 0.6 is 23.5 Å². The lowest BCUT2D eigenvalue weighted by Gasteiger charge is -2.33. The summed E-state index contributed by atoms with van der Waals surface area (Å²) in [5.41, 5.74) is -1.36. The zero-order valence-electron chi connectivity index (χ0n) is 17.4. The third kappa shape index (κ3) is 7.43. The highest BCUT2D eigenvalue weighted by molar-refractivity contribution is 9.10. The Kier molecular flexibility index (Phi) is 9.54. The van der Waals surface area contributed by atoms with Crippen LogP contribution in [0.25, 0.3) is 0 Å². The van der Waals surface area contributed by atoms with E-state index in [0.717, 1.165) is 4.47 Å². The van der Waals surface area contributed by atoms with Crippen LogP contribution in [0.15, 0.2) is 28.7 Å². The number of benzene rings is 1. The lowest BCUT2D eigenvalue weighted by molar-refractivity contribution is -0.155. The largest absolute Gasteiger partial charge is 0.459 e. The van der Waals surface area contributed by atoms with Crippen molar-refractivity contribution in [3.63, 3.8) is 0 Å². The van der Waals surface area contributed by atoms with Gasteiger partial charge < -0.3 is 18.6 Å². The topological polar surface area (TPSA) is 78.9 Å². The zero-order valence-corrected chi connectivity index (χ0v) is 19.8. The molecule has 1 aromatic rings. The third-order valence-electron chi connectivity index (χ3n) is 3.79. The Balaban J connectivity index is 3.56. The van der Waals surface area contributed by atoms with E-state index < -0.39 is 30.7 Å². The Bertz CT molecular complexity index is 700. The van der Waals surface area contributed by atoms with Gasteiger partial charge in [0.2, 0.25) is 0 Å². The van der Waals surface area contributed by atoms with Crippen molar-refractivity contribution in [2.45, 2.75) is 65.1 Å². The number of ketones is 1. The second-order valence-corrected chi connectivity index (χ2v) is 10.5. The SMILES string of the molecule is CCOP(=O)(OCC)C(C(=O)OC(C)(C)C)C(CC(C)=O)c1ccc(Br)cc1. The first-order valence-corrected chi connectivity index (χ1v) is 11.7. The predicted octanol–water partition coefficient (Wildman–Crippen LogP) is 5.49. The molecule has 0 aliphatic carbocycles. The molecule has 1 rings (SSSR count). The molecular formula is C20H30BrO6P. The van der Waals surface area contributed by atoms with Crippen LogP contribution in [-0.2, 0) is 27.9 Å². The molecule has 6 nitrogen and oxygen atoms in total. The highest BCUT2D eigenvalue weighted by Crippen LogP contribution is 2.58. The van der Waals surface area contributed by atoms with Gasteiger partial charge in [-0.25, -0.2) is 0 Å². The van der Waals surface area contributed by atoms with E-state index in [1.54, 1.807) is 58.9 Å². The number of carbonyl (C=O) groups is 2. The monoisotopic (exact) mass is 476 g/mol. The summed E-state index contributed by atoms with van der Waals surface area (Å²) in [5.74, 6) is -1.54. The van der Waals surface area contributed by atoms with E-state index in [9.17, 15) is 14.2 Å². The summed E-state index contributed by atoms with van der Waals surface area (Å²) < 4.78 is 31.0. The van der Waals surface area contributed by atoms with Gasteiger partial charge in [0.05, 0.1) is 13.2 Å². The summed E-state index contributed by atoms with van der Waals surface area (Å²) in [5, 5.41) is 0. The van der Waals surface area contributed by atoms with Gasteiger partial charge in [-0.05, 0) is 59.2 Å². The molecule has 0 aromatic heterocycles. The summed E-state index contributed by atoms with van der Waals surface area (Å²) >= 11 is 3.38. The normalized spacial score (nSPS) is 14.4. The Labute approximate surface area is 176 Å². The molecular weight excluding hydrogens is 447 g/mol. The van der Waals surface area contributed by atoms with Gasteiger partial charge in [-0.15, -0.1) is 0 Å². The van der Waals surface area contributed by atoms with Gasteiger partial charge in [0, 0.05) is 16.8 Å². The van der Waals surface area contributed by atoms with Crippen molar-refractivity contribution >= 4 is 35.3 Å². The van der Waals surface area contributed by atoms with Crippen LogP contribution in [0.5, 0.6) is 0 Å². The van der Waals surface area contributed by atoms with E-state index in [1.807, 2.05) is 0 Å². The number of hydrogen-bond donors (Lipinski definition) is 0. The minimum Gasteiger partial charge on any atom is -0.459 e. The summed E-state index contributed by atoms with van der Waals surface area (Å²) in [7, 11) is -3.90. The molecule has 0 spiro atoms. The van der Waals surface area contributed by atoms with Crippen molar-refractivity contribution in [2.24, 2.45) is 0 Å². The minimum atomic E-state index is -3.90. The van der Waals surface area contributed by atoms with Gasteiger partial charge in [0.25, 0.3) is 0 Å². The number of ether oxygens (including phenoxy) is 1. The van der Waals surface area contributed by atoms with Crippen molar-refractivity contribution in [3.8, 4) is 0 Å². The second kappa shape index (κ2) is 10.7. The van der Waals surface area contributed by atoms with E-state index >= 15 is 0 Å². The summed E-state index contributed by atoms with van der Waals surface area (Å²) in [6.07, 6.45) is 0.00960. The maximum Gasteiger partial charge on any atom is 0.345 e. The third-order valence-corrected chi connectivity index (χ3v) is 6.81. The number of rotatable bonds is 10. The Hall–Kier alpha value is -1.01. The molecule has 0 fully saturated rings. The van der Waals surface area contributed by atoms with Crippen LogP contribution < -0.4 is 0 Å². The first-order valence-electron chi connectivity index (χ1n) is 9.30. The maximum atomic E-state index is 13.6. The number of esters is 1. The van der Waals surface area contributed by atoms with Crippen molar-refractivity contribution in [3.05, 3.63) is 34.3 Å². The Morgan fingerprint density at radius 2 is 1.57 bits per heavy atom. The van der Waals surface area contributed by atoms with E-state index in [4.69, 9.17) is 13.8 Å². The smallest absolute Gasteiger partial charge is 0.345 e. The number of halogens is 1. The minimum absolute atomic E-state index is 0.00960. The van der Waals surface area contributed by atoms with Gasteiger partial charge in [0.1, 0.15) is 11.4 Å². The van der Waals surface area contributed by atoms with Crippen molar-refractivity contribution in [2.75, 3.05) is 13.2 Å². The van der Waals surface area contributed by atoms with Crippen LogP contribution in [0.3, 0.4) is 0 Å². The highest BCUT2D eigenvalue weighted by atomic mass is 79.9. The molecule has 0 radical (unpaired) electrons. The van der Waals surface area contributed by atoms with E-state index in [2.05, 4.69) is 15.9 Å². The molecule has 0 bridgehead atoms. The molecule has 0 saturated heterocycles. The molecule has 0 N–H and O–H groups in total. The van der Waals surface area contributed by atoms with Crippen LogP contribution in [0.2, 0.25) is 0 Å². The van der Waals surface area contributed by atoms with E-state index in [-0.39, 0.29) is 25.4 Å². The van der Waals surface area contributed by atoms with Gasteiger partial charge in [0.15, 0.2) is 5.66 Å². The second-order valence-electron chi connectivity index (χ2n) is 7.42. The van der Waals surface area contributed by atoms with Gasteiger partial charge in [-0.2, -0.15) is 0 Å². The fourth-order valence-corrected chi connectivity index (χ4v) is 5.27. The van der Waals surface area contributed by atoms with E-state index in [0.29, 0.717) is 5.56 Å². The number of carbonyl (C=O) groups excluding carboxylic acids is 2. The Morgan fingerprint density at radius 3 is 1.96 bits per heavy atom. The fourth-order valence-electron chi connectivity index (χ4n) is 2.87. The highest BCUT2D eigenvalue weighted by Gasteiger charge is 2.49. The molecule has 0 saturated carbocycles. The standard InChI is InChI=1S/C20H30BrO6P/c1-7-25-28(24,26-8-2)18(19(23)27-20(4,5)6)17(13-14(3)22)15-9-11-16(21)12-10-15/h9-12,17-18H,7-8,13H2,1-6H3. The van der Waals surface area contributed by atoms with Crippen LogP contribution in [-0.4, -0.2) is 36.2 Å². The number of hydrogen-bond acceptors (Lipinski definition) is 6. The molecule has 8 heteroatoms. The quantitative estimate of drug-likeness (QED) is 0.328. The first kappa shape index (κ1) is 25.0. The molecule has 28 heavy (non-hydrogen) atoms. The van der Waals surface area contributed by atoms with Crippen molar-refractivity contribution in [1.82, 2.24) is 0 Å². The zero-order chi connectivity index (χ0) is 21.5. The van der Waals surface area contributed by atoms with Crippen LogP contribution in [0, 0.1) is 0 Å². The van der Waals surface area contributed by atoms with Crippen LogP contribution in [0.1, 0.15) is 59.4 Å². The van der Waals surface area contributed by atoms with Crippen LogP contribution in [0.4, 0.5) is 0 Å². The molecule has 158 valence electrons. The maximum absolute atomic E-state index is 13.6. The van der Waals surface area contributed by atoms with Crippen molar-refractivity contribution in [1.29, 1.82) is 0 Å². The molecule has 0 aliphatic heterocycles. The van der Waals surface area contributed by atoms with E-state index in [1.165, 1.54) is 6.92 Å². The molecule has 1 aromatic carbocycles. The molecule has 2 unspecified atom stereocenters. The summed E-state index contributed by atoms with van der Waals surface area (Å²) in [6.45, 7) is 10.2. The molecule has 2 atom stereocenters. The lowest BCUT2D eigenvalue weighted by Crippen LogP contribution is -2.37. The lowest BCUT2D eigenvalue weighted by atomic mass is 9.90. The fraction of sp³-hybridized carbons (Fsp3) is 0.600. The summed E-state index contributed by atoms with van der Waals surface area (Å²) in [4.78, 5) is 25.2. The molecule has 0 amide bonds. The van der Waals surface area contributed by atoms with Gasteiger partial charge in [-0.1, -0.05) is 28.1 Å². The average molecular weight is 477 g/mol. The summed E-state index contributed by atoms with van der Waals surface area (Å²) in [6, 6.07) is 7.19. The van der Waals surface area contributed by atoms with Gasteiger partial charge in [-0.3, -0.25) is 9.36 Å². The first-order chi connectivity index (χ1) is 12.9.